The lowest BCUT2D eigenvalue weighted by Gasteiger charge is -2.21. The molecule has 1 N–H and O–H groups in total. The summed E-state index contributed by atoms with van der Waals surface area (Å²) in [5.74, 6) is 0.603. The van der Waals surface area contributed by atoms with Crippen LogP contribution < -0.4 is 5.32 Å². The third kappa shape index (κ3) is 3.08. The van der Waals surface area contributed by atoms with Crippen LogP contribution in [0, 0.1) is 5.92 Å². The molecule has 1 aliphatic rings. The summed E-state index contributed by atoms with van der Waals surface area (Å²) < 4.78 is 4.84. The van der Waals surface area contributed by atoms with Gasteiger partial charge in [0.05, 0.1) is 5.69 Å². The number of rotatable bonds is 4. The Bertz CT molecular complexity index is 367. The van der Waals surface area contributed by atoms with Crippen LogP contribution in [0.1, 0.15) is 55.1 Å². The molecule has 4 heteroatoms. The Balaban J connectivity index is 1.84. The summed E-state index contributed by atoms with van der Waals surface area (Å²) in [6, 6.07) is 0. The fourth-order valence-electron chi connectivity index (χ4n) is 2.42. The standard InChI is InChI=1S/C13H20N2O2/c1-2-12-11(9-17-15-12)13(16)14-8-10-6-4-3-5-7-10/h9-10H,2-8H2,1H3,(H,14,16). The Morgan fingerprint density at radius 2 is 2.24 bits per heavy atom. The summed E-state index contributed by atoms with van der Waals surface area (Å²) in [6.45, 7) is 2.75. The Morgan fingerprint density at radius 3 is 2.94 bits per heavy atom. The first kappa shape index (κ1) is 12.1. The largest absolute Gasteiger partial charge is 0.364 e. The van der Waals surface area contributed by atoms with Crippen molar-refractivity contribution in [3.63, 3.8) is 0 Å². The molecule has 0 aromatic carbocycles. The maximum Gasteiger partial charge on any atom is 0.256 e. The van der Waals surface area contributed by atoms with Crippen LogP contribution in [0.5, 0.6) is 0 Å². The number of carbonyl (C=O) groups excluding carboxylic acids is 1. The van der Waals surface area contributed by atoms with Crippen LogP contribution in [-0.4, -0.2) is 17.6 Å². The fraction of sp³-hybridized carbons (Fsp3) is 0.692. The van der Waals surface area contributed by atoms with E-state index in [4.69, 9.17) is 4.52 Å². The van der Waals surface area contributed by atoms with E-state index in [1.807, 2.05) is 6.92 Å². The van der Waals surface area contributed by atoms with Crippen molar-refractivity contribution >= 4 is 5.91 Å². The number of nitrogens with one attached hydrogen (secondary N) is 1. The maximum atomic E-state index is 11.9. The summed E-state index contributed by atoms with van der Waals surface area (Å²) >= 11 is 0. The fourth-order valence-corrected chi connectivity index (χ4v) is 2.42. The van der Waals surface area contributed by atoms with E-state index in [9.17, 15) is 4.79 Å². The zero-order valence-electron chi connectivity index (χ0n) is 10.4. The zero-order valence-corrected chi connectivity index (χ0v) is 10.4. The van der Waals surface area contributed by atoms with E-state index in [1.54, 1.807) is 0 Å². The van der Waals surface area contributed by atoms with Crippen molar-refractivity contribution in [3.8, 4) is 0 Å². The van der Waals surface area contributed by atoms with Crippen LogP contribution in [0.4, 0.5) is 0 Å². The van der Waals surface area contributed by atoms with E-state index in [0.717, 1.165) is 18.7 Å². The Hall–Kier alpha value is -1.32. The molecule has 4 nitrogen and oxygen atoms in total. The van der Waals surface area contributed by atoms with E-state index in [1.165, 1.54) is 38.4 Å². The highest BCUT2D eigenvalue weighted by Gasteiger charge is 2.17. The molecule has 0 atom stereocenters. The number of aryl methyl sites for hydroxylation is 1. The lowest BCUT2D eigenvalue weighted by atomic mass is 9.89. The minimum atomic E-state index is -0.0475. The minimum absolute atomic E-state index is 0.0475. The Morgan fingerprint density at radius 1 is 1.47 bits per heavy atom. The van der Waals surface area contributed by atoms with Crippen LogP contribution >= 0.6 is 0 Å². The molecule has 17 heavy (non-hydrogen) atoms. The molecule has 94 valence electrons. The highest BCUT2D eigenvalue weighted by molar-refractivity contribution is 5.94. The summed E-state index contributed by atoms with van der Waals surface area (Å²) in [4.78, 5) is 11.9. The van der Waals surface area contributed by atoms with Crippen molar-refractivity contribution in [2.75, 3.05) is 6.54 Å². The van der Waals surface area contributed by atoms with Crippen molar-refractivity contribution in [1.82, 2.24) is 10.5 Å². The van der Waals surface area contributed by atoms with Crippen LogP contribution in [0.2, 0.25) is 0 Å². The van der Waals surface area contributed by atoms with Gasteiger partial charge in [-0.05, 0) is 25.2 Å². The van der Waals surface area contributed by atoms with Gasteiger partial charge in [0.1, 0.15) is 11.8 Å². The first-order chi connectivity index (χ1) is 8.31. The van der Waals surface area contributed by atoms with E-state index >= 15 is 0 Å². The molecule has 0 spiro atoms. The van der Waals surface area contributed by atoms with Crippen LogP contribution in [-0.2, 0) is 6.42 Å². The van der Waals surface area contributed by atoms with E-state index in [-0.39, 0.29) is 5.91 Å². The summed E-state index contributed by atoms with van der Waals surface area (Å²) in [6.07, 6.45) is 8.59. The molecule has 0 unspecified atom stereocenters. The van der Waals surface area contributed by atoms with Gasteiger partial charge < -0.3 is 9.84 Å². The molecule has 1 aromatic heterocycles. The van der Waals surface area contributed by atoms with Crippen LogP contribution in [0.15, 0.2) is 10.8 Å². The molecule has 1 fully saturated rings. The molecule has 0 bridgehead atoms. The van der Waals surface area contributed by atoms with Gasteiger partial charge >= 0.3 is 0 Å². The number of aromatic nitrogens is 1. The van der Waals surface area contributed by atoms with Crippen molar-refractivity contribution in [3.05, 3.63) is 17.5 Å². The molecule has 0 saturated heterocycles. The molecule has 1 heterocycles. The van der Waals surface area contributed by atoms with Gasteiger partial charge in [0.25, 0.3) is 5.91 Å². The average molecular weight is 236 g/mol. The topological polar surface area (TPSA) is 55.1 Å². The molecule has 1 saturated carbocycles. The summed E-state index contributed by atoms with van der Waals surface area (Å²) in [7, 11) is 0. The second-order valence-electron chi connectivity index (χ2n) is 4.74. The first-order valence-electron chi connectivity index (χ1n) is 6.52. The second-order valence-corrected chi connectivity index (χ2v) is 4.74. The van der Waals surface area contributed by atoms with Gasteiger partial charge in [-0.1, -0.05) is 31.3 Å². The monoisotopic (exact) mass is 236 g/mol. The predicted octanol–water partition coefficient (Wildman–Crippen LogP) is 2.55. The molecular weight excluding hydrogens is 216 g/mol. The second kappa shape index (κ2) is 5.84. The highest BCUT2D eigenvalue weighted by Crippen LogP contribution is 2.22. The number of nitrogens with zero attached hydrogens (tertiary/aromatic N) is 1. The van der Waals surface area contributed by atoms with Gasteiger partial charge in [-0.15, -0.1) is 0 Å². The Labute approximate surface area is 102 Å². The van der Waals surface area contributed by atoms with Crippen LogP contribution in [0.25, 0.3) is 0 Å². The van der Waals surface area contributed by atoms with E-state index in [0.29, 0.717) is 11.5 Å². The highest BCUT2D eigenvalue weighted by atomic mass is 16.5. The van der Waals surface area contributed by atoms with Gasteiger partial charge in [0, 0.05) is 6.54 Å². The zero-order chi connectivity index (χ0) is 12.1. The summed E-state index contributed by atoms with van der Waals surface area (Å²) in [5, 5.41) is 6.81. The molecule has 2 rings (SSSR count). The molecule has 0 radical (unpaired) electrons. The Kier molecular flexibility index (Phi) is 4.18. The smallest absolute Gasteiger partial charge is 0.256 e. The van der Waals surface area contributed by atoms with Crippen molar-refractivity contribution < 1.29 is 9.32 Å². The third-order valence-corrected chi connectivity index (χ3v) is 3.50. The minimum Gasteiger partial charge on any atom is -0.364 e. The van der Waals surface area contributed by atoms with Gasteiger partial charge in [0.15, 0.2) is 0 Å². The lowest BCUT2D eigenvalue weighted by molar-refractivity contribution is 0.0942. The molecule has 1 aliphatic carbocycles. The van der Waals surface area contributed by atoms with E-state index in [2.05, 4.69) is 10.5 Å². The average Bonchev–Trinajstić information content (AvgIpc) is 2.85. The first-order valence-corrected chi connectivity index (χ1v) is 6.52. The molecule has 1 aromatic rings. The number of carbonyl (C=O) groups is 1. The molecular formula is C13H20N2O2. The SMILES string of the molecule is CCc1nocc1C(=O)NCC1CCCCC1. The van der Waals surface area contributed by atoms with Gasteiger partial charge in [-0.3, -0.25) is 4.79 Å². The third-order valence-electron chi connectivity index (χ3n) is 3.50. The summed E-state index contributed by atoms with van der Waals surface area (Å²) in [5.41, 5.74) is 1.33. The molecule has 0 aliphatic heterocycles. The number of hydrogen-bond acceptors (Lipinski definition) is 3. The predicted molar refractivity (Wildman–Crippen MR) is 64.8 cm³/mol. The van der Waals surface area contributed by atoms with Gasteiger partial charge in [0.2, 0.25) is 0 Å². The normalized spacial score (nSPS) is 17.0. The lowest BCUT2D eigenvalue weighted by Crippen LogP contribution is -2.30. The quantitative estimate of drug-likeness (QED) is 0.874. The van der Waals surface area contributed by atoms with E-state index < -0.39 is 0 Å². The van der Waals surface area contributed by atoms with Crippen molar-refractivity contribution in [2.45, 2.75) is 45.4 Å². The number of amides is 1. The van der Waals surface area contributed by atoms with Gasteiger partial charge in [-0.25, -0.2) is 0 Å². The van der Waals surface area contributed by atoms with Gasteiger partial charge in [-0.2, -0.15) is 0 Å². The molecule has 1 amide bonds. The maximum absolute atomic E-state index is 11.9. The van der Waals surface area contributed by atoms with Crippen molar-refractivity contribution in [2.24, 2.45) is 5.92 Å². The van der Waals surface area contributed by atoms with Crippen molar-refractivity contribution in [1.29, 1.82) is 0 Å². The number of hydrogen-bond donors (Lipinski definition) is 1. The van der Waals surface area contributed by atoms with Crippen LogP contribution in [0.3, 0.4) is 0 Å².